The van der Waals surface area contributed by atoms with Crippen molar-refractivity contribution in [2.45, 2.75) is 57.4 Å². The molecule has 3 rings (SSSR count). The van der Waals surface area contributed by atoms with Crippen LogP contribution in [0.25, 0.3) is 5.69 Å². The van der Waals surface area contributed by atoms with Crippen molar-refractivity contribution in [1.82, 2.24) is 19.7 Å². The minimum Gasteiger partial charge on any atom is -0.479 e. The van der Waals surface area contributed by atoms with Crippen molar-refractivity contribution in [2.24, 2.45) is 0 Å². The maximum Gasteiger partial charge on any atom is 0.329 e. The van der Waals surface area contributed by atoms with Gasteiger partial charge in [0.2, 0.25) is 5.82 Å². The van der Waals surface area contributed by atoms with Gasteiger partial charge in [0.15, 0.2) is 0 Å². The van der Waals surface area contributed by atoms with Crippen LogP contribution in [0, 0.1) is 5.82 Å². The van der Waals surface area contributed by atoms with Crippen molar-refractivity contribution in [1.29, 1.82) is 0 Å². The number of nitrogens with zero attached hydrogens (tertiary/aromatic N) is 4. The number of carbonyl (C=O) groups is 2. The molecule has 150 valence electrons. The Morgan fingerprint density at radius 2 is 1.86 bits per heavy atom. The quantitative estimate of drug-likeness (QED) is 0.848. The summed E-state index contributed by atoms with van der Waals surface area (Å²) in [5, 5.41) is 14.1. The maximum atomic E-state index is 14.3. The SMILES string of the molecule is CC(C)c1nc(C(=O)N(C)C2(C(=O)O)CCCCC2)nn1-c1ccccc1F. The lowest BCUT2D eigenvalue weighted by Crippen LogP contribution is -2.56. The first-order chi connectivity index (χ1) is 13.3. The molecule has 0 radical (unpaired) electrons. The number of carboxylic acid groups (broad SMARTS) is 1. The van der Waals surface area contributed by atoms with E-state index >= 15 is 0 Å². The van der Waals surface area contributed by atoms with Crippen molar-refractivity contribution in [2.75, 3.05) is 7.05 Å². The summed E-state index contributed by atoms with van der Waals surface area (Å²) in [6.45, 7) is 3.75. The summed E-state index contributed by atoms with van der Waals surface area (Å²) in [4.78, 5) is 30.7. The molecule has 1 saturated carbocycles. The second-order valence-electron chi connectivity index (χ2n) is 7.57. The van der Waals surface area contributed by atoms with Gasteiger partial charge in [-0.15, -0.1) is 5.10 Å². The molecule has 1 heterocycles. The average Bonchev–Trinajstić information content (AvgIpc) is 3.13. The Bertz CT molecular complexity index is 887. The van der Waals surface area contributed by atoms with Crippen LogP contribution in [0.3, 0.4) is 0 Å². The molecule has 1 aromatic heterocycles. The summed E-state index contributed by atoms with van der Waals surface area (Å²) in [6, 6.07) is 6.13. The molecule has 1 aliphatic carbocycles. The van der Waals surface area contributed by atoms with E-state index in [2.05, 4.69) is 10.1 Å². The molecule has 1 fully saturated rings. The Labute approximate surface area is 163 Å². The molecule has 0 bridgehead atoms. The van der Waals surface area contributed by atoms with E-state index in [0.717, 1.165) is 19.3 Å². The van der Waals surface area contributed by atoms with E-state index in [0.29, 0.717) is 18.7 Å². The van der Waals surface area contributed by atoms with E-state index in [1.54, 1.807) is 18.2 Å². The first kappa shape index (κ1) is 20.0. The fraction of sp³-hybridized carbons (Fsp3) is 0.500. The number of aromatic nitrogens is 3. The van der Waals surface area contributed by atoms with Crippen LogP contribution in [0.15, 0.2) is 24.3 Å². The molecule has 28 heavy (non-hydrogen) atoms. The minimum absolute atomic E-state index is 0.109. The third-order valence-corrected chi connectivity index (χ3v) is 5.45. The zero-order chi connectivity index (χ0) is 20.5. The molecule has 8 heteroatoms. The lowest BCUT2D eigenvalue weighted by molar-refractivity contribution is -0.151. The second kappa shape index (κ2) is 7.69. The van der Waals surface area contributed by atoms with Crippen LogP contribution in [0.2, 0.25) is 0 Å². The predicted octanol–water partition coefficient (Wildman–Crippen LogP) is 3.39. The fourth-order valence-electron chi connectivity index (χ4n) is 3.76. The zero-order valence-corrected chi connectivity index (χ0v) is 16.4. The molecule has 1 aliphatic rings. The van der Waals surface area contributed by atoms with Gasteiger partial charge in [0.1, 0.15) is 22.9 Å². The molecular weight excluding hydrogens is 363 g/mol. The molecule has 0 aliphatic heterocycles. The molecule has 0 spiro atoms. The lowest BCUT2D eigenvalue weighted by Gasteiger charge is -2.40. The van der Waals surface area contributed by atoms with E-state index < -0.39 is 23.2 Å². The zero-order valence-electron chi connectivity index (χ0n) is 16.4. The Kier molecular flexibility index (Phi) is 5.49. The Morgan fingerprint density at radius 3 is 2.43 bits per heavy atom. The van der Waals surface area contributed by atoms with Crippen LogP contribution in [-0.4, -0.2) is 49.2 Å². The molecule has 0 unspecified atom stereocenters. The molecule has 2 aromatic rings. The van der Waals surface area contributed by atoms with Crippen molar-refractivity contribution in [3.63, 3.8) is 0 Å². The van der Waals surface area contributed by atoms with Crippen molar-refractivity contribution < 1.29 is 19.1 Å². The second-order valence-corrected chi connectivity index (χ2v) is 7.57. The molecule has 0 atom stereocenters. The van der Waals surface area contributed by atoms with E-state index in [4.69, 9.17) is 0 Å². The van der Waals surface area contributed by atoms with Gasteiger partial charge in [-0.25, -0.2) is 18.9 Å². The van der Waals surface area contributed by atoms with E-state index in [1.165, 1.54) is 22.7 Å². The molecule has 0 saturated heterocycles. The van der Waals surface area contributed by atoms with Gasteiger partial charge in [-0.1, -0.05) is 45.2 Å². The standard InChI is InChI=1S/C20H25FN4O3/c1-13(2)17-22-16(23-25(17)15-10-6-5-9-14(15)21)18(26)24(3)20(19(27)28)11-7-4-8-12-20/h5-6,9-10,13H,4,7-8,11-12H2,1-3H3,(H,27,28). The Hall–Kier alpha value is -2.77. The van der Waals surface area contributed by atoms with Crippen LogP contribution in [0.5, 0.6) is 0 Å². The highest BCUT2D eigenvalue weighted by atomic mass is 19.1. The van der Waals surface area contributed by atoms with Gasteiger partial charge >= 0.3 is 5.97 Å². The number of benzene rings is 1. The first-order valence-electron chi connectivity index (χ1n) is 9.51. The number of halogens is 1. The number of likely N-dealkylation sites (N-methyl/N-ethyl adjacent to an activating group) is 1. The number of carboxylic acids is 1. The molecule has 1 aromatic carbocycles. The van der Waals surface area contributed by atoms with Crippen molar-refractivity contribution in [3.05, 3.63) is 41.7 Å². The fourth-order valence-corrected chi connectivity index (χ4v) is 3.76. The van der Waals surface area contributed by atoms with E-state index in [9.17, 15) is 19.1 Å². The van der Waals surface area contributed by atoms with Gasteiger partial charge in [-0.05, 0) is 25.0 Å². The predicted molar refractivity (Wildman–Crippen MR) is 101 cm³/mol. The van der Waals surface area contributed by atoms with Crippen molar-refractivity contribution >= 4 is 11.9 Å². The number of hydrogen-bond donors (Lipinski definition) is 1. The number of carbonyl (C=O) groups excluding carboxylic acids is 1. The molecule has 1 N–H and O–H groups in total. The average molecular weight is 388 g/mol. The molecule has 7 nitrogen and oxygen atoms in total. The highest BCUT2D eigenvalue weighted by Crippen LogP contribution is 2.34. The van der Waals surface area contributed by atoms with Gasteiger partial charge in [0, 0.05) is 13.0 Å². The summed E-state index contributed by atoms with van der Waals surface area (Å²) in [6.07, 6.45) is 3.25. The van der Waals surface area contributed by atoms with E-state index in [1.807, 2.05) is 13.8 Å². The van der Waals surface area contributed by atoms with Gasteiger partial charge in [0.05, 0.1) is 0 Å². The number of rotatable bonds is 5. The maximum absolute atomic E-state index is 14.3. The van der Waals surface area contributed by atoms with Crippen molar-refractivity contribution in [3.8, 4) is 5.69 Å². The summed E-state index contributed by atoms with van der Waals surface area (Å²) < 4.78 is 15.6. The van der Waals surface area contributed by atoms with Gasteiger partial charge in [0.25, 0.3) is 5.91 Å². The van der Waals surface area contributed by atoms with Crippen LogP contribution >= 0.6 is 0 Å². The Balaban J connectivity index is 2.01. The highest BCUT2D eigenvalue weighted by molar-refractivity contribution is 5.95. The van der Waals surface area contributed by atoms with Gasteiger partial charge < -0.3 is 10.0 Å². The number of amides is 1. The summed E-state index contributed by atoms with van der Waals surface area (Å²) in [7, 11) is 1.49. The van der Waals surface area contributed by atoms with E-state index in [-0.39, 0.29) is 17.4 Å². The number of aliphatic carboxylic acids is 1. The number of para-hydroxylation sites is 1. The summed E-state index contributed by atoms with van der Waals surface area (Å²) >= 11 is 0. The molecule has 1 amide bonds. The van der Waals surface area contributed by atoms with Crippen LogP contribution in [0.1, 0.15) is 68.3 Å². The third kappa shape index (κ3) is 3.39. The molecular formula is C20H25FN4O3. The lowest BCUT2D eigenvalue weighted by atomic mass is 9.80. The first-order valence-corrected chi connectivity index (χ1v) is 9.51. The third-order valence-electron chi connectivity index (χ3n) is 5.45. The minimum atomic E-state index is -1.25. The Morgan fingerprint density at radius 1 is 1.21 bits per heavy atom. The summed E-state index contributed by atoms with van der Waals surface area (Å²) in [5.41, 5.74) is -1.05. The highest BCUT2D eigenvalue weighted by Gasteiger charge is 2.46. The van der Waals surface area contributed by atoms with Crippen LogP contribution in [0.4, 0.5) is 4.39 Å². The van der Waals surface area contributed by atoms with Crippen LogP contribution < -0.4 is 0 Å². The van der Waals surface area contributed by atoms with Gasteiger partial charge in [-0.3, -0.25) is 4.79 Å². The van der Waals surface area contributed by atoms with Crippen LogP contribution in [-0.2, 0) is 4.79 Å². The number of hydrogen-bond acceptors (Lipinski definition) is 4. The largest absolute Gasteiger partial charge is 0.479 e. The monoisotopic (exact) mass is 388 g/mol. The normalized spacial score (nSPS) is 16.2. The summed E-state index contributed by atoms with van der Waals surface area (Å²) in [5.74, 6) is -1.85. The smallest absolute Gasteiger partial charge is 0.329 e. The topological polar surface area (TPSA) is 88.3 Å². The van der Waals surface area contributed by atoms with Gasteiger partial charge in [-0.2, -0.15) is 0 Å².